The number of pyridine rings is 3. The molecule has 6 nitrogen and oxygen atoms in total. The third kappa shape index (κ3) is 3.27. The lowest BCUT2D eigenvalue weighted by molar-refractivity contribution is -0.117. The number of anilines is 2. The van der Waals surface area contributed by atoms with Gasteiger partial charge in [-0.05, 0) is 30.0 Å². The normalized spacial score (nSPS) is 18.7. The molecule has 2 atom stereocenters. The van der Waals surface area contributed by atoms with Crippen molar-refractivity contribution in [2.75, 3.05) is 11.1 Å². The number of carbonyl (C=O) groups excluding carboxylic acids is 1. The largest absolute Gasteiger partial charge is 0.383 e. The zero-order valence-electron chi connectivity index (χ0n) is 13.9. The van der Waals surface area contributed by atoms with Gasteiger partial charge >= 0.3 is 0 Å². The molecular weight excluding hydrogens is 359 g/mol. The zero-order chi connectivity index (χ0) is 19.1. The van der Waals surface area contributed by atoms with Crippen LogP contribution in [0.2, 0.25) is 0 Å². The minimum atomic E-state index is -2.69. The van der Waals surface area contributed by atoms with Crippen molar-refractivity contribution in [2.45, 2.75) is 19.0 Å². The first-order chi connectivity index (χ1) is 12.9. The number of nitrogens with one attached hydrogen (secondary N) is 1. The van der Waals surface area contributed by atoms with Gasteiger partial charge < -0.3 is 11.1 Å². The van der Waals surface area contributed by atoms with E-state index in [9.17, 15) is 18.0 Å². The lowest BCUT2D eigenvalue weighted by Crippen LogP contribution is -2.15. The highest BCUT2D eigenvalue weighted by atomic mass is 19.3. The number of fused-ring (bicyclic) bond motifs is 1. The van der Waals surface area contributed by atoms with Crippen LogP contribution >= 0.6 is 0 Å². The van der Waals surface area contributed by atoms with Gasteiger partial charge in [0.1, 0.15) is 17.8 Å². The molecule has 1 amide bonds. The van der Waals surface area contributed by atoms with E-state index in [0.717, 1.165) is 0 Å². The third-order valence-corrected chi connectivity index (χ3v) is 4.41. The Morgan fingerprint density at radius 2 is 2.07 bits per heavy atom. The van der Waals surface area contributed by atoms with Crippen LogP contribution in [0.15, 0.2) is 36.8 Å². The summed E-state index contributed by atoms with van der Waals surface area (Å²) >= 11 is 0. The van der Waals surface area contributed by atoms with Gasteiger partial charge in [-0.15, -0.1) is 0 Å². The molecule has 3 aromatic heterocycles. The van der Waals surface area contributed by atoms with Crippen LogP contribution in [0.4, 0.5) is 24.8 Å². The topological polar surface area (TPSA) is 93.8 Å². The number of nitrogens with zero attached hydrogens (tertiary/aromatic N) is 3. The van der Waals surface area contributed by atoms with Crippen molar-refractivity contribution >= 4 is 28.3 Å². The summed E-state index contributed by atoms with van der Waals surface area (Å²) in [6, 6.07) is 4.34. The number of aromatic nitrogens is 3. The molecule has 0 spiro atoms. The Morgan fingerprint density at radius 3 is 2.78 bits per heavy atom. The van der Waals surface area contributed by atoms with Gasteiger partial charge in [-0.3, -0.25) is 9.78 Å². The van der Waals surface area contributed by atoms with Gasteiger partial charge in [0.05, 0.1) is 11.6 Å². The molecule has 1 fully saturated rings. The van der Waals surface area contributed by atoms with Gasteiger partial charge in [0.2, 0.25) is 5.91 Å². The highest BCUT2D eigenvalue weighted by Crippen LogP contribution is 2.35. The van der Waals surface area contributed by atoms with E-state index in [4.69, 9.17) is 5.73 Å². The van der Waals surface area contributed by atoms with Crippen LogP contribution in [0.5, 0.6) is 0 Å². The molecule has 1 aliphatic carbocycles. The Bertz CT molecular complexity index is 1040. The predicted molar refractivity (Wildman–Crippen MR) is 93.8 cm³/mol. The number of hydrogen-bond donors (Lipinski definition) is 2. The van der Waals surface area contributed by atoms with Gasteiger partial charge in [-0.2, -0.15) is 0 Å². The van der Waals surface area contributed by atoms with Crippen molar-refractivity contribution < 1.29 is 18.0 Å². The molecule has 0 radical (unpaired) electrons. The first kappa shape index (κ1) is 17.2. The predicted octanol–water partition coefficient (Wildman–Crippen LogP) is 3.51. The van der Waals surface area contributed by atoms with Crippen LogP contribution in [0, 0.1) is 5.92 Å². The molecule has 4 rings (SSSR count). The van der Waals surface area contributed by atoms with Gasteiger partial charge in [-0.1, -0.05) is 0 Å². The maximum atomic E-state index is 13.3. The van der Waals surface area contributed by atoms with Gasteiger partial charge in [0.25, 0.3) is 6.43 Å². The summed E-state index contributed by atoms with van der Waals surface area (Å²) in [7, 11) is 0. The van der Waals surface area contributed by atoms with E-state index in [0.29, 0.717) is 10.8 Å². The molecule has 0 aliphatic heterocycles. The lowest BCUT2D eigenvalue weighted by atomic mass is 10.0. The van der Waals surface area contributed by atoms with Crippen LogP contribution in [0.25, 0.3) is 22.0 Å². The summed E-state index contributed by atoms with van der Waals surface area (Å²) in [6.07, 6.45) is 0.402. The third-order valence-electron chi connectivity index (χ3n) is 4.41. The molecule has 3 heterocycles. The fraction of sp³-hybridized carbons (Fsp3) is 0.222. The van der Waals surface area contributed by atoms with E-state index >= 15 is 0 Å². The van der Waals surface area contributed by atoms with Crippen molar-refractivity contribution in [3.05, 3.63) is 42.4 Å². The van der Waals surface area contributed by atoms with Crippen molar-refractivity contribution in [3.63, 3.8) is 0 Å². The molecule has 27 heavy (non-hydrogen) atoms. The second kappa shape index (κ2) is 6.49. The first-order valence-electron chi connectivity index (χ1n) is 8.17. The second-order valence-electron chi connectivity index (χ2n) is 6.29. The van der Waals surface area contributed by atoms with E-state index < -0.39 is 24.4 Å². The zero-order valence-corrected chi connectivity index (χ0v) is 13.9. The van der Waals surface area contributed by atoms with E-state index in [-0.39, 0.29) is 34.9 Å². The van der Waals surface area contributed by atoms with Crippen LogP contribution in [-0.2, 0) is 4.79 Å². The minimum Gasteiger partial charge on any atom is -0.383 e. The molecule has 3 N–H and O–H groups in total. The smallest absolute Gasteiger partial charge is 0.264 e. The standard InChI is InChI=1S/C18H14F3N5O/c19-13-5-10(13)18(27)26-15-4-8-3-14(25-17(22)11(8)7-24-15)12-6-23-2-1-9(12)16(20)21/h1-4,6-7,10,13,16H,5H2,(H2,22,25)(H,24,26,27). The summed E-state index contributed by atoms with van der Waals surface area (Å²) in [6.45, 7) is 0. The molecular formula is C18H14F3N5O. The number of rotatable bonds is 4. The molecule has 9 heteroatoms. The molecule has 0 bridgehead atoms. The maximum Gasteiger partial charge on any atom is 0.264 e. The second-order valence-corrected chi connectivity index (χ2v) is 6.29. The highest BCUT2D eigenvalue weighted by Gasteiger charge is 2.43. The van der Waals surface area contributed by atoms with Crippen molar-refractivity contribution in [1.29, 1.82) is 0 Å². The Morgan fingerprint density at radius 1 is 1.30 bits per heavy atom. The average molecular weight is 373 g/mol. The number of carbonyl (C=O) groups is 1. The average Bonchev–Trinajstić information content (AvgIpc) is 3.38. The molecule has 138 valence electrons. The van der Waals surface area contributed by atoms with Crippen LogP contribution in [0.1, 0.15) is 18.4 Å². The Balaban J connectivity index is 1.74. The molecule has 2 unspecified atom stereocenters. The number of amides is 1. The molecule has 3 aromatic rings. The van der Waals surface area contributed by atoms with Crippen LogP contribution in [-0.4, -0.2) is 27.0 Å². The molecule has 1 saturated carbocycles. The Hall–Kier alpha value is -3.23. The minimum absolute atomic E-state index is 0.114. The number of nitrogens with two attached hydrogens (primary N) is 1. The van der Waals surface area contributed by atoms with Crippen molar-refractivity contribution in [2.24, 2.45) is 5.92 Å². The number of alkyl halides is 3. The van der Waals surface area contributed by atoms with Crippen molar-refractivity contribution in [1.82, 2.24) is 15.0 Å². The van der Waals surface area contributed by atoms with E-state index in [1.807, 2.05) is 0 Å². The highest BCUT2D eigenvalue weighted by molar-refractivity contribution is 5.98. The van der Waals surface area contributed by atoms with E-state index in [2.05, 4.69) is 20.3 Å². The van der Waals surface area contributed by atoms with Gasteiger partial charge in [0.15, 0.2) is 0 Å². The number of hydrogen-bond acceptors (Lipinski definition) is 5. The number of nitrogen functional groups attached to an aromatic ring is 1. The molecule has 0 saturated heterocycles. The quantitative estimate of drug-likeness (QED) is 0.730. The Kier molecular flexibility index (Phi) is 4.14. The molecule has 1 aliphatic rings. The summed E-state index contributed by atoms with van der Waals surface area (Å²) < 4.78 is 39.6. The lowest BCUT2D eigenvalue weighted by Gasteiger charge is -2.11. The fourth-order valence-electron chi connectivity index (χ4n) is 2.84. The summed E-state index contributed by atoms with van der Waals surface area (Å²) in [5, 5.41) is 3.61. The Labute approximate surface area is 151 Å². The monoisotopic (exact) mass is 373 g/mol. The van der Waals surface area contributed by atoms with Gasteiger partial charge in [0, 0.05) is 35.1 Å². The van der Waals surface area contributed by atoms with Crippen LogP contribution in [0.3, 0.4) is 0 Å². The first-order valence-corrected chi connectivity index (χ1v) is 8.17. The van der Waals surface area contributed by atoms with Crippen LogP contribution < -0.4 is 11.1 Å². The maximum absolute atomic E-state index is 13.3. The van der Waals surface area contributed by atoms with Gasteiger partial charge in [-0.25, -0.2) is 23.1 Å². The fourth-order valence-corrected chi connectivity index (χ4v) is 2.84. The summed E-state index contributed by atoms with van der Waals surface area (Å²) in [5.74, 6) is -0.750. The summed E-state index contributed by atoms with van der Waals surface area (Å²) in [5.41, 5.74) is 6.15. The SMILES string of the molecule is Nc1nc(-c2cnccc2C(F)F)cc2cc(NC(=O)C3CC3F)ncc12. The van der Waals surface area contributed by atoms with Crippen molar-refractivity contribution in [3.8, 4) is 11.3 Å². The molecule has 0 aromatic carbocycles. The van der Waals surface area contributed by atoms with E-state index in [1.54, 1.807) is 12.1 Å². The van der Waals surface area contributed by atoms with E-state index in [1.165, 1.54) is 24.7 Å². The number of halogens is 3. The summed E-state index contributed by atoms with van der Waals surface area (Å²) in [4.78, 5) is 24.0.